The average Bonchev–Trinajstić information content (AvgIpc) is 3.18. The van der Waals surface area contributed by atoms with E-state index < -0.39 is 11.9 Å². The van der Waals surface area contributed by atoms with Crippen molar-refractivity contribution in [2.45, 2.75) is 25.8 Å². The number of halogens is 1. The first-order chi connectivity index (χ1) is 17.3. The molecule has 4 rings (SSSR count). The molecule has 3 aromatic carbocycles. The van der Waals surface area contributed by atoms with E-state index in [4.69, 9.17) is 21.1 Å². The number of anilines is 1. The SMILES string of the molecule is COc1ccc(CCN(C(=O)c2ccccc2C)C2CC(=O)N(c3ccc(Cl)cc3)C2=O)cc1OC. The number of amides is 3. The molecule has 1 aliphatic heterocycles. The standard InChI is InChI=1S/C28H27ClN2O5/c1-18-6-4-5-7-22(18)27(33)30(15-14-19-8-13-24(35-2)25(16-19)36-3)23-17-26(32)31(28(23)34)21-11-9-20(29)10-12-21/h4-13,16,23H,14-15,17H2,1-3H3. The lowest BCUT2D eigenvalue weighted by Gasteiger charge is -2.28. The maximum atomic E-state index is 13.7. The molecule has 0 radical (unpaired) electrons. The first-order valence-corrected chi connectivity index (χ1v) is 11.9. The molecule has 36 heavy (non-hydrogen) atoms. The van der Waals surface area contributed by atoms with Crippen LogP contribution in [0.5, 0.6) is 11.5 Å². The van der Waals surface area contributed by atoms with E-state index in [0.717, 1.165) is 16.0 Å². The minimum absolute atomic E-state index is 0.0922. The van der Waals surface area contributed by atoms with Crippen LogP contribution in [0, 0.1) is 6.92 Å². The number of imide groups is 1. The van der Waals surface area contributed by atoms with Gasteiger partial charge in [0.1, 0.15) is 6.04 Å². The summed E-state index contributed by atoms with van der Waals surface area (Å²) in [5.41, 5.74) is 2.63. The molecular formula is C28H27ClN2O5. The third kappa shape index (κ3) is 5.06. The first-order valence-electron chi connectivity index (χ1n) is 11.5. The minimum atomic E-state index is -0.916. The molecule has 1 heterocycles. The topological polar surface area (TPSA) is 76.2 Å². The zero-order valence-corrected chi connectivity index (χ0v) is 21.1. The highest BCUT2D eigenvalue weighted by Gasteiger charge is 2.44. The van der Waals surface area contributed by atoms with E-state index in [-0.39, 0.29) is 24.8 Å². The Labute approximate surface area is 215 Å². The van der Waals surface area contributed by atoms with Crippen molar-refractivity contribution in [1.82, 2.24) is 4.90 Å². The van der Waals surface area contributed by atoms with Gasteiger partial charge in [-0.1, -0.05) is 35.9 Å². The van der Waals surface area contributed by atoms with Crippen LogP contribution in [0.25, 0.3) is 0 Å². The number of benzene rings is 3. The number of carbonyl (C=O) groups is 3. The fourth-order valence-corrected chi connectivity index (χ4v) is 4.50. The van der Waals surface area contributed by atoms with Crippen molar-refractivity contribution in [1.29, 1.82) is 0 Å². The van der Waals surface area contributed by atoms with Crippen molar-refractivity contribution in [3.63, 3.8) is 0 Å². The molecule has 0 aliphatic carbocycles. The van der Waals surface area contributed by atoms with Gasteiger partial charge in [-0.3, -0.25) is 14.4 Å². The Morgan fingerprint density at radius 1 is 1.00 bits per heavy atom. The van der Waals surface area contributed by atoms with Gasteiger partial charge in [0.15, 0.2) is 11.5 Å². The van der Waals surface area contributed by atoms with Gasteiger partial charge in [-0.15, -0.1) is 0 Å². The number of nitrogens with zero attached hydrogens (tertiary/aromatic N) is 2. The monoisotopic (exact) mass is 506 g/mol. The van der Waals surface area contributed by atoms with Gasteiger partial charge in [-0.2, -0.15) is 0 Å². The van der Waals surface area contributed by atoms with E-state index in [2.05, 4.69) is 0 Å². The Morgan fingerprint density at radius 3 is 2.36 bits per heavy atom. The van der Waals surface area contributed by atoms with Crippen LogP contribution in [-0.2, 0) is 16.0 Å². The zero-order chi connectivity index (χ0) is 25.8. The van der Waals surface area contributed by atoms with Crippen LogP contribution in [-0.4, -0.2) is 49.4 Å². The second kappa shape index (κ2) is 10.8. The fraction of sp³-hybridized carbons (Fsp3) is 0.250. The molecule has 1 unspecified atom stereocenters. The molecule has 1 aliphatic rings. The van der Waals surface area contributed by atoms with Crippen molar-refractivity contribution in [2.24, 2.45) is 0 Å². The second-order valence-electron chi connectivity index (χ2n) is 8.52. The second-order valence-corrected chi connectivity index (χ2v) is 8.95. The quantitative estimate of drug-likeness (QED) is 0.414. The predicted octanol–water partition coefficient (Wildman–Crippen LogP) is 4.68. The molecule has 0 saturated carbocycles. The molecule has 7 nitrogen and oxygen atoms in total. The summed E-state index contributed by atoms with van der Waals surface area (Å²) in [7, 11) is 3.12. The number of ether oxygens (including phenoxy) is 2. The highest BCUT2D eigenvalue weighted by atomic mass is 35.5. The smallest absolute Gasteiger partial charge is 0.257 e. The highest BCUT2D eigenvalue weighted by Crippen LogP contribution is 2.30. The molecule has 3 amide bonds. The van der Waals surface area contributed by atoms with Crippen molar-refractivity contribution < 1.29 is 23.9 Å². The molecular weight excluding hydrogens is 480 g/mol. The van der Waals surface area contributed by atoms with E-state index in [9.17, 15) is 14.4 Å². The van der Waals surface area contributed by atoms with E-state index >= 15 is 0 Å². The summed E-state index contributed by atoms with van der Waals surface area (Å²) in [6.45, 7) is 2.09. The minimum Gasteiger partial charge on any atom is -0.493 e. The van der Waals surface area contributed by atoms with Crippen LogP contribution >= 0.6 is 11.6 Å². The lowest BCUT2D eigenvalue weighted by atomic mass is 10.0. The van der Waals surface area contributed by atoms with E-state index in [1.807, 2.05) is 31.2 Å². The molecule has 0 bridgehead atoms. The van der Waals surface area contributed by atoms with Gasteiger partial charge in [0, 0.05) is 17.1 Å². The van der Waals surface area contributed by atoms with Gasteiger partial charge >= 0.3 is 0 Å². The number of carbonyl (C=O) groups excluding carboxylic acids is 3. The third-order valence-electron chi connectivity index (χ3n) is 6.31. The Kier molecular flexibility index (Phi) is 7.60. The maximum Gasteiger partial charge on any atom is 0.257 e. The summed E-state index contributed by atoms with van der Waals surface area (Å²) in [4.78, 5) is 42.8. The van der Waals surface area contributed by atoms with Crippen molar-refractivity contribution in [2.75, 3.05) is 25.7 Å². The third-order valence-corrected chi connectivity index (χ3v) is 6.56. The number of methoxy groups -OCH3 is 2. The average molecular weight is 507 g/mol. The lowest BCUT2D eigenvalue weighted by Crippen LogP contribution is -2.46. The zero-order valence-electron chi connectivity index (χ0n) is 20.4. The summed E-state index contributed by atoms with van der Waals surface area (Å²) < 4.78 is 10.7. The van der Waals surface area contributed by atoms with Gasteiger partial charge in [0.2, 0.25) is 5.91 Å². The van der Waals surface area contributed by atoms with Gasteiger partial charge < -0.3 is 14.4 Å². The lowest BCUT2D eigenvalue weighted by molar-refractivity contribution is -0.122. The fourth-order valence-electron chi connectivity index (χ4n) is 4.37. The normalized spacial score (nSPS) is 15.2. The van der Waals surface area contributed by atoms with Crippen LogP contribution in [0.15, 0.2) is 66.7 Å². The molecule has 1 fully saturated rings. The van der Waals surface area contributed by atoms with E-state index in [1.54, 1.807) is 56.7 Å². The summed E-state index contributed by atoms with van der Waals surface area (Å²) >= 11 is 5.98. The Bertz CT molecular complexity index is 1290. The number of rotatable bonds is 8. The molecule has 8 heteroatoms. The predicted molar refractivity (Wildman–Crippen MR) is 138 cm³/mol. The van der Waals surface area contributed by atoms with Crippen LogP contribution in [0.1, 0.15) is 27.9 Å². The van der Waals surface area contributed by atoms with Crippen molar-refractivity contribution >= 4 is 35.0 Å². The van der Waals surface area contributed by atoms with Crippen molar-refractivity contribution in [3.05, 3.63) is 88.4 Å². The molecule has 0 N–H and O–H groups in total. The summed E-state index contributed by atoms with van der Waals surface area (Å²) in [6, 6.07) is 18.3. The highest BCUT2D eigenvalue weighted by molar-refractivity contribution is 6.31. The first kappa shape index (κ1) is 25.3. The van der Waals surface area contributed by atoms with E-state index in [1.165, 1.54) is 4.90 Å². The van der Waals surface area contributed by atoms with Crippen LogP contribution in [0.2, 0.25) is 5.02 Å². The Morgan fingerprint density at radius 2 is 1.69 bits per heavy atom. The number of aryl methyl sites for hydroxylation is 1. The number of hydrogen-bond donors (Lipinski definition) is 0. The summed E-state index contributed by atoms with van der Waals surface area (Å²) in [5, 5.41) is 0.501. The van der Waals surface area contributed by atoms with Gasteiger partial charge in [0.05, 0.1) is 26.3 Å². The molecule has 3 aromatic rings. The van der Waals surface area contributed by atoms with Crippen LogP contribution < -0.4 is 14.4 Å². The largest absolute Gasteiger partial charge is 0.493 e. The Hall–Kier alpha value is -3.84. The molecule has 1 saturated heterocycles. The Balaban J connectivity index is 1.65. The molecule has 0 spiro atoms. The van der Waals surface area contributed by atoms with Gasteiger partial charge in [-0.05, 0) is 66.9 Å². The van der Waals surface area contributed by atoms with Gasteiger partial charge in [-0.25, -0.2) is 4.90 Å². The molecule has 1 atom stereocenters. The number of hydrogen-bond acceptors (Lipinski definition) is 5. The molecule has 0 aromatic heterocycles. The summed E-state index contributed by atoms with van der Waals surface area (Å²) in [6.07, 6.45) is 0.363. The maximum absolute atomic E-state index is 13.7. The summed E-state index contributed by atoms with van der Waals surface area (Å²) in [5.74, 6) is 0.0901. The molecule has 186 valence electrons. The van der Waals surface area contributed by atoms with Crippen LogP contribution in [0.3, 0.4) is 0 Å². The van der Waals surface area contributed by atoms with Crippen LogP contribution in [0.4, 0.5) is 5.69 Å². The van der Waals surface area contributed by atoms with Gasteiger partial charge in [0.25, 0.3) is 11.8 Å². The van der Waals surface area contributed by atoms with Crippen molar-refractivity contribution in [3.8, 4) is 11.5 Å². The van der Waals surface area contributed by atoms with E-state index in [0.29, 0.717) is 34.2 Å².